The maximum absolute atomic E-state index is 12.1. The Hall–Kier alpha value is -0.570. The van der Waals surface area contributed by atoms with E-state index >= 15 is 0 Å². The predicted octanol–water partition coefficient (Wildman–Crippen LogP) is 1.24. The maximum Gasteiger partial charge on any atom is 0.239 e. The second-order valence-corrected chi connectivity index (χ2v) is 5.14. The summed E-state index contributed by atoms with van der Waals surface area (Å²) in [7, 11) is 1.86. The van der Waals surface area contributed by atoms with Gasteiger partial charge in [-0.15, -0.1) is 0 Å². The standard InChI is InChI=1S/C12H22N2O/c1-9(13-2)12(15)14(7-10-3-4-10)8-11-5-6-11/h9-11,13H,3-8H2,1-2H3. The van der Waals surface area contributed by atoms with Gasteiger partial charge in [0.15, 0.2) is 0 Å². The second-order valence-electron chi connectivity index (χ2n) is 5.14. The molecule has 0 radical (unpaired) electrons. The fourth-order valence-electron chi connectivity index (χ4n) is 1.88. The summed E-state index contributed by atoms with van der Waals surface area (Å²) in [6.07, 6.45) is 5.29. The van der Waals surface area contributed by atoms with Crippen molar-refractivity contribution in [1.82, 2.24) is 10.2 Å². The molecule has 86 valence electrons. The Labute approximate surface area is 92.2 Å². The summed E-state index contributed by atoms with van der Waals surface area (Å²) in [4.78, 5) is 14.2. The van der Waals surface area contributed by atoms with Crippen LogP contribution in [0.3, 0.4) is 0 Å². The maximum atomic E-state index is 12.1. The zero-order valence-corrected chi connectivity index (χ0v) is 9.83. The summed E-state index contributed by atoms with van der Waals surface area (Å²) in [6.45, 7) is 3.96. The molecule has 0 spiro atoms. The van der Waals surface area contributed by atoms with Crippen molar-refractivity contribution < 1.29 is 4.79 Å². The topological polar surface area (TPSA) is 32.3 Å². The minimum atomic E-state index is -0.0255. The van der Waals surface area contributed by atoms with Crippen molar-refractivity contribution in [2.45, 2.75) is 38.6 Å². The zero-order valence-electron chi connectivity index (χ0n) is 9.83. The predicted molar refractivity (Wildman–Crippen MR) is 60.5 cm³/mol. The second kappa shape index (κ2) is 4.52. The molecule has 0 heterocycles. The van der Waals surface area contributed by atoms with Gasteiger partial charge in [0, 0.05) is 13.1 Å². The molecule has 3 nitrogen and oxygen atoms in total. The molecule has 0 aromatic heterocycles. The number of nitrogens with zero attached hydrogens (tertiary/aromatic N) is 1. The van der Waals surface area contributed by atoms with Crippen LogP contribution in [0.15, 0.2) is 0 Å². The SMILES string of the molecule is CNC(C)C(=O)N(CC1CC1)CC1CC1. The van der Waals surface area contributed by atoms with Crippen molar-refractivity contribution in [3.05, 3.63) is 0 Å². The lowest BCUT2D eigenvalue weighted by molar-refractivity contribution is -0.133. The summed E-state index contributed by atoms with van der Waals surface area (Å²) in [5, 5.41) is 3.04. The first-order valence-electron chi connectivity index (χ1n) is 6.16. The molecule has 0 bridgehead atoms. The summed E-state index contributed by atoms with van der Waals surface area (Å²) < 4.78 is 0. The average molecular weight is 210 g/mol. The van der Waals surface area contributed by atoms with E-state index in [0.29, 0.717) is 0 Å². The minimum absolute atomic E-state index is 0.0255. The van der Waals surface area contributed by atoms with E-state index in [2.05, 4.69) is 10.2 Å². The van der Waals surface area contributed by atoms with Crippen LogP contribution in [0.1, 0.15) is 32.6 Å². The van der Waals surface area contributed by atoms with E-state index in [9.17, 15) is 4.79 Å². The largest absolute Gasteiger partial charge is 0.341 e. The van der Waals surface area contributed by atoms with Gasteiger partial charge in [0.05, 0.1) is 6.04 Å². The molecule has 2 fully saturated rings. The van der Waals surface area contributed by atoms with Gasteiger partial charge in [-0.2, -0.15) is 0 Å². The fourth-order valence-corrected chi connectivity index (χ4v) is 1.88. The van der Waals surface area contributed by atoms with Crippen molar-refractivity contribution in [1.29, 1.82) is 0 Å². The molecule has 1 amide bonds. The van der Waals surface area contributed by atoms with E-state index in [4.69, 9.17) is 0 Å². The molecule has 2 aliphatic rings. The number of carbonyl (C=O) groups excluding carboxylic acids is 1. The lowest BCUT2D eigenvalue weighted by Crippen LogP contribution is -2.45. The highest BCUT2D eigenvalue weighted by atomic mass is 16.2. The van der Waals surface area contributed by atoms with Crippen molar-refractivity contribution in [2.75, 3.05) is 20.1 Å². The van der Waals surface area contributed by atoms with E-state index < -0.39 is 0 Å². The van der Waals surface area contributed by atoms with Gasteiger partial charge in [-0.05, 0) is 51.5 Å². The third kappa shape index (κ3) is 3.20. The Kier molecular flexibility index (Phi) is 3.29. The highest BCUT2D eigenvalue weighted by Gasteiger charge is 2.32. The van der Waals surface area contributed by atoms with Crippen LogP contribution in [0, 0.1) is 11.8 Å². The third-order valence-electron chi connectivity index (χ3n) is 3.47. The summed E-state index contributed by atoms with van der Waals surface area (Å²) >= 11 is 0. The van der Waals surface area contributed by atoms with Crippen molar-refractivity contribution in [2.24, 2.45) is 11.8 Å². The van der Waals surface area contributed by atoms with Crippen LogP contribution in [-0.2, 0) is 4.79 Å². The van der Waals surface area contributed by atoms with Crippen LogP contribution in [0.5, 0.6) is 0 Å². The van der Waals surface area contributed by atoms with Crippen molar-refractivity contribution >= 4 is 5.91 Å². The van der Waals surface area contributed by atoms with Gasteiger partial charge in [-0.25, -0.2) is 0 Å². The fraction of sp³-hybridized carbons (Fsp3) is 0.917. The molecule has 2 aliphatic carbocycles. The molecular weight excluding hydrogens is 188 g/mol. The molecule has 0 aromatic rings. The normalized spacial score (nSPS) is 22.5. The zero-order chi connectivity index (χ0) is 10.8. The van der Waals surface area contributed by atoms with Gasteiger partial charge in [0.1, 0.15) is 0 Å². The smallest absolute Gasteiger partial charge is 0.239 e. The lowest BCUT2D eigenvalue weighted by atomic mass is 10.2. The molecule has 1 atom stereocenters. The quantitative estimate of drug-likeness (QED) is 0.715. The molecule has 15 heavy (non-hydrogen) atoms. The Morgan fingerprint density at radius 2 is 1.73 bits per heavy atom. The number of likely N-dealkylation sites (N-methyl/N-ethyl adjacent to an activating group) is 1. The van der Waals surface area contributed by atoms with E-state index in [1.54, 1.807) is 0 Å². The van der Waals surface area contributed by atoms with E-state index in [1.165, 1.54) is 25.7 Å². The number of hydrogen-bond acceptors (Lipinski definition) is 2. The van der Waals surface area contributed by atoms with E-state index in [0.717, 1.165) is 24.9 Å². The first kappa shape index (κ1) is 10.9. The lowest BCUT2D eigenvalue weighted by Gasteiger charge is -2.25. The monoisotopic (exact) mass is 210 g/mol. The van der Waals surface area contributed by atoms with Gasteiger partial charge >= 0.3 is 0 Å². The third-order valence-corrected chi connectivity index (χ3v) is 3.47. The highest BCUT2D eigenvalue weighted by molar-refractivity contribution is 5.81. The first-order valence-corrected chi connectivity index (χ1v) is 6.16. The van der Waals surface area contributed by atoms with Gasteiger partial charge in [0.2, 0.25) is 5.91 Å². The molecular formula is C12H22N2O. The molecule has 0 aromatic carbocycles. The number of nitrogens with one attached hydrogen (secondary N) is 1. The van der Waals surface area contributed by atoms with Crippen LogP contribution >= 0.6 is 0 Å². The number of carbonyl (C=O) groups is 1. The van der Waals surface area contributed by atoms with Crippen LogP contribution in [0.2, 0.25) is 0 Å². The van der Waals surface area contributed by atoms with Crippen molar-refractivity contribution in [3.8, 4) is 0 Å². The minimum Gasteiger partial charge on any atom is -0.341 e. The molecule has 2 saturated carbocycles. The number of amides is 1. The van der Waals surface area contributed by atoms with Gasteiger partial charge in [-0.1, -0.05) is 0 Å². The molecule has 1 N–H and O–H groups in total. The summed E-state index contributed by atoms with van der Waals surface area (Å²) in [5.74, 6) is 1.89. The summed E-state index contributed by atoms with van der Waals surface area (Å²) in [6, 6.07) is -0.0255. The molecule has 2 rings (SSSR count). The van der Waals surface area contributed by atoms with Crippen LogP contribution < -0.4 is 5.32 Å². The Morgan fingerprint density at radius 1 is 1.27 bits per heavy atom. The van der Waals surface area contributed by atoms with Gasteiger partial charge in [0.25, 0.3) is 0 Å². The molecule has 0 aliphatic heterocycles. The Morgan fingerprint density at radius 3 is 2.07 bits per heavy atom. The summed E-state index contributed by atoms with van der Waals surface area (Å²) in [5.41, 5.74) is 0. The van der Waals surface area contributed by atoms with Gasteiger partial charge < -0.3 is 10.2 Å². The van der Waals surface area contributed by atoms with E-state index in [1.807, 2.05) is 14.0 Å². The van der Waals surface area contributed by atoms with Crippen molar-refractivity contribution in [3.63, 3.8) is 0 Å². The first-order chi connectivity index (χ1) is 7.20. The molecule has 0 saturated heterocycles. The van der Waals surface area contributed by atoms with E-state index in [-0.39, 0.29) is 11.9 Å². The molecule has 1 unspecified atom stereocenters. The Balaban J connectivity index is 1.86. The van der Waals surface area contributed by atoms with Crippen LogP contribution in [0.4, 0.5) is 0 Å². The average Bonchev–Trinajstić information content (AvgIpc) is 3.08. The number of rotatable bonds is 6. The highest BCUT2D eigenvalue weighted by Crippen LogP contribution is 2.33. The number of hydrogen-bond donors (Lipinski definition) is 1. The Bertz CT molecular complexity index is 220. The molecule has 3 heteroatoms. The van der Waals surface area contributed by atoms with Gasteiger partial charge in [-0.3, -0.25) is 4.79 Å². The van der Waals surface area contributed by atoms with Crippen LogP contribution in [0.25, 0.3) is 0 Å². The van der Waals surface area contributed by atoms with Crippen LogP contribution in [-0.4, -0.2) is 37.0 Å².